The molecular weight excluding hydrogens is 289 g/mol. The van der Waals surface area contributed by atoms with Gasteiger partial charge in [-0.05, 0) is 18.2 Å². The monoisotopic (exact) mass is 297 g/mol. The normalized spacial score (nSPS) is 13.3. The number of aliphatic hydroxyl groups is 1. The highest BCUT2D eigenvalue weighted by Gasteiger charge is 2.22. The lowest BCUT2D eigenvalue weighted by Gasteiger charge is -2.09. The summed E-state index contributed by atoms with van der Waals surface area (Å²) in [4.78, 5) is 9.61. The van der Waals surface area contributed by atoms with Crippen LogP contribution in [0.4, 0.5) is 4.39 Å². The van der Waals surface area contributed by atoms with Crippen molar-refractivity contribution in [1.29, 1.82) is 0 Å². The molecule has 1 aromatic carbocycles. The van der Waals surface area contributed by atoms with E-state index >= 15 is 0 Å². The number of carboxylic acid groups (broad SMARTS) is 1. The van der Waals surface area contributed by atoms with Crippen molar-refractivity contribution in [2.45, 2.75) is 11.0 Å². The van der Waals surface area contributed by atoms with Crippen LogP contribution in [0.3, 0.4) is 0 Å². The minimum atomic E-state index is -4.24. The standard InChI is InChI=1S/C9H9ClFNO5S/c10-5-1-2-8(6(11)3-5)18(16,17)12-4-7(13)9(14)15/h1-3,7,12-13H,4H2,(H,14,15)/t7-/m0/s1. The fourth-order valence-electron chi connectivity index (χ4n) is 1.05. The Kier molecular flexibility index (Phi) is 4.63. The number of carbonyl (C=O) groups is 1. The first-order valence-electron chi connectivity index (χ1n) is 4.59. The van der Waals surface area contributed by atoms with E-state index in [9.17, 15) is 17.6 Å². The molecule has 0 unspecified atom stereocenters. The summed E-state index contributed by atoms with van der Waals surface area (Å²) < 4.78 is 38.3. The maximum absolute atomic E-state index is 13.3. The summed E-state index contributed by atoms with van der Waals surface area (Å²) in [6, 6.07) is 2.92. The lowest BCUT2D eigenvalue weighted by molar-refractivity contribution is -0.146. The van der Waals surface area contributed by atoms with Gasteiger partial charge in [0.1, 0.15) is 10.7 Å². The average molecular weight is 298 g/mol. The Morgan fingerprint density at radius 2 is 2.11 bits per heavy atom. The molecule has 0 aliphatic carbocycles. The van der Waals surface area contributed by atoms with Crippen LogP contribution in [-0.4, -0.2) is 37.2 Å². The molecule has 0 radical (unpaired) electrons. The van der Waals surface area contributed by atoms with Crippen molar-refractivity contribution in [2.75, 3.05) is 6.54 Å². The first-order chi connectivity index (χ1) is 8.24. The van der Waals surface area contributed by atoms with E-state index in [2.05, 4.69) is 0 Å². The van der Waals surface area contributed by atoms with E-state index in [1.807, 2.05) is 0 Å². The van der Waals surface area contributed by atoms with Crippen molar-refractivity contribution in [1.82, 2.24) is 4.72 Å². The Morgan fingerprint density at radius 1 is 1.50 bits per heavy atom. The third-order valence-corrected chi connectivity index (χ3v) is 3.63. The molecule has 0 spiro atoms. The van der Waals surface area contributed by atoms with E-state index in [1.54, 1.807) is 4.72 Å². The highest BCUT2D eigenvalue weighted by Crippen LogP contribution is 2.18. The zero-order valence-corrected chi connectivity index (χ0v) is 10.4. The molecule has 0 heterocycles. The van der Waals surface area contributed by atoms with Crippen molar-refractivity contribution in [3.8, 4) is 0 Å². The lowest BCUT2D eigenvalue weighted by Crippen LogP contribution is -2.36. The fraction of sp³-hybridized carbons (Fsp3) is 0.222. The third-order valence-electron chi connectivity index (χ3n) is 1.94. The van der Waals surface area contributed by atoms with Gasteiger partial charge in [0.15, 0.2) is 6.10 Å². The predicted molar refractivity (Wildman–Crippen MR) is 60.2 cm³/mol. The number of aliphatic hydroxyl groups excluding tert-OH is 1. The molecule has 0 saturated heterocycles. The van der Waals surface area contributed by atoms with E-state index in [1.165, 1.54) is 6.07 Å². The molecule has 0 aromatic heterocycles. The van der Waals surface area contributed by atoms with Gasteiger partial charge in [0.25, 0.3) is 0 Å². The van der Waals surface area contributed by atoms with Gasteiger partial charge < -0.3 is 10.2 Å². The van der Waals surface area contributed by atoms with Crippen LogP contribution in [0, 0.1) is 5.82 Å². The van der Waals surface area contributed by atoms with Crippen LogP contribution in [0.15, 0.2) is 23.1 Å². The highest BCUT2D eigenvalue weighted by molar-refractivity contribution is 7.89. The SMILES string of the molecule is O=C(O)[C@@H](O)CNS(=O)(=O)c1ccc(Cl)cc1F. The van der Waals surface area contributed by atoms with Gasteiger partial charge in [-0.2, -0.15) is 0 Å². The van der Waals surface area contributed by atoms with Gasteiger partial charge in [-0.25, -0.2) is 22.3 Å². The Bertz CT molecular complexity index is 562. The molecule has 1 atom stereocenters. The number of carboxylic acids is 1. The van der Waals surface area contributed by atoms with Crippen molar-refractivity contribution in [3.05, 3.63) is 29.0 Å². The smallest absolute Gasteiger partial charge is 0.333 e. The molecule has 3 N–H and O–H groups in total. The average Bonchev–Trinajstić information content (AvgIpc) is 2.25. The molecule has 0 aliphatic heterocycles. The van der Waals surface area contributed by atoms with Gasteiger partial charge in [0, 0.05) is 11.6 Å². The van der Waals surface area contributed by atoms with Crippen LogP contribution < -0.4 is 4.72 Å². The molecule has 1 aromatic rings. The summed E-state index contributed by atoms with van der Waals surface area (Å²) >= 11 is 5.46. The summed E-state index contributed by atoms with van der Waals surface area (Å²) in [7, 11) is -4.24. The van der Waals surface area contributed by atoms with Gasteiger partial charge in [-0.15, -0.1) is 0 Å². The minimum absolute atomic E-state index is 0.0250. The van der Waals surface area contributed by atoms with Gasteiger partial charge >= 0.3 is 5.97 Å². The maximum atomic E-state index is 13.3. The zero-order valence-electron chi connectivity index (χ0n) is 8.80. The number of hydrogen-bond acceptors (Lipinski definition) is 4. The Labute approximate surface area is 107 Å². The summed E-state index contributed by atoms with van der Waals surface area (Å²) in [6.07, 6.45) is -1.91. The van der Waals surface area contributed by atoms with Gasteiger partial charge in [0.2, 0.25) is 10.0 Å². The van der Waals surface area contributed by atoms with Crippen molar-refractivity contribution >= 4 is 27.6 Å². The van der Waals surface area contributed by atoms with Crippen LogP contribution >= 0.6 is 11.6 Å². The number of hydrogen-bond donors (Lipinski definition) is 3. The van der Waals surface area contributed by atoms with E-state index in [0.29, 0.717) is 0 Å². The number of rotatable bonds is 5. The summed E-state index contributed by atoms with van der Waals surface area (Å²) in [6.45, 7) is -0.764. The van der Waals surface area contributed by atoms with E-state index in [0.717, 1.165) is 12.1 Å². The first-order valence-corrected chi connectivity index (χ1v) is 6.46. The molecular formula is C9H9ClFNO5S. The molecule has 6 nitrogen and oxygen atoms in total. The van der Waals surface area contributed by atoms with Gasteiger partial charge in [-0.1, -0.05) is 11.6 Å². The topological polar surface area (TPSA) is 104 Å². The van der Waals surface area contributed by atoms with Crippen molar-refractivity contribution in [2.24, 2.45) is 0 Å². The molecule has 0 amide bonds. The van der Waals surface area contributed by atoms with Crippen LogP contribution in [0.2, 0.25) is 5.02 Å². The van der Waals surface area contributed by atoms with E-state index in [4.69, 9.17) is 21.8 Å². The summed E-state index contributed by atoms with van der Waals surface area (Å²) in [5, 5.41) is 17.3. The van der Waals surface area contributed by atoms with E-state index in [-0.39, 0.29) is 5.02 Å². The first kappa shape index (κ1) is 14.8. The number of nitrogens with one attached hydrogen (secondary N) is 1. The van der Waals surface area contributed by atoms with Crippen LogP contribution in [0.1, 0.15) is 0 Å². The van der Waals surface area contributed by atoms with Crippen molar-refractivity contribution < 1.29 is 27.8 Å². The summed E-state index contributed by atoms with van der Waals surface area (Å²) in [5.41, 5.74) is 0. The number of halogens is 2. The van der Waals surface area contributed by atoms with Crippen LogP contribution in [-0.2, 0) is 14.8 Å². The molecule has 1 rings (SSSR count). The molecule has 0 aliphatic rings. The molecule has 18 heavy (non-hydrogen) atoms. The van der Waals surface area contributed by atoms with E-state index < -0.39 is 39.4 Å². The Morgan fingerprint density at radius 3 is 2.61 bits per heavy atom. The molecule has 0 saturated carbocycles. The van der Waals surface area contributed by atoms with Gasteiger partial charge in [0.05, 0.1) is 0 Å². The largest absolute Gasteiger partial charge is 0.479 e. The highest BCUT2D eigenvalue weighted by atomic mass is 35.5. The second kappa shape index (κ2) is 5.61. The second-order valence-electron chi connectivity index (χ2n) is 3.28. The summed E-state index contributed by atoms with van der Waals surface area (Å²) in [5.74, 6) is -2.66. The molecule has 0 bridgehead atoms. The molecule has 9 heteroatoms. The molecule has 0 fully saturated rings. The third kappa shape index (κ3) is 3.64. The zero-order chi connectivity index (χ0) is 13.9. The van der Waals surface area contributed by atoms with Crippen LogP contribution in [0.5, 0.6) is 0 Å². The number of aliphatic carboxylic acids is 1. The maximum Gasteiger partial charge on any atom is 0.333 e. The van der Waals surface area contributed by atoms with Crippen LogP contribution in [0.25, 0.3) is 0 Å². The van der Waals surface area contributed by atoms with Crippen molar-refractivity contribution in [3.63, 3.8) is 0 Å². The Balaban J connectivity index is 2.90. The fourth-order valence-corrected chi connectivity index (χ4v) is 2.30. The Hall–Kier alpha value is -1.22. The van der Waals surface area contributed by atoms with Gasteiger partial charge in [-0.3, -0.25) is 0 Å². The number of benzene rings is 1. The lowest BCUT2D eigenvalue weighted by atomic mass is 10.3. The minimum Gasteiger partial charge on any atom is -0.479 e. The second-order valence-corrected chi connectivity index (χ2v) is 5.45. The quantitative estimate of drug-likeness (QED) is 0.720. The number of sulfonamides is 1. The predicted octanol–water partition coefficient (Wildman–Crippen LogP) is 0.203. The molecule has 100 valence electrons.